The first-order valence-corrected chi connectivity index (χ1v) is 5.92. The fraction of sp³-hybridized carbons (Fsp3) is 0.308. The van der Waals surface area contributed by atoms with Crippen molar-refractivity contribution in [2.75, 3.05) is 6.61 Å². The number of primary amides is 1. The van der Waals surface area contributed by atoms with Crippen molar-refractivity contribution < 1.29 is 14.3 Å². The number of ether oxygens (including phenoxy) is 1. The summed E-state index contributed by atoms with van der Waals surface area (Å²) >= 11 is 0. The number of benzene rings is 1. The molecule has 19 heavy (non-hydrogen) atoms. The van der Waals surface area contributed by atoms with Gasteiger partial charge in [-0.3, -0.25) is 9.59 Å². The van der Waals surface area contributed by atoms with E-state index < -0.39 is 11.8 Å². The van der Waals surface area contributed by atoms with Gasteiger partial charge in [0.25, 0.3) is 0 Å². The van der Waals surface area contributed by atoms with Crippen LogP contribution in [0.3, 0.4) is 0 Å². The predicted octanol–water partition coefficient (Wildman–Crippen LogP) is 0.801. The Hall–Kier alpha value is -2.37. The van der Waals surface area contributed by atoms with E-state index >= 15 is 0 Å². The number of hydrogen-bond donors (Lipinski definition) is 2. The van der Waals surface area contributed by atoms with Crippen molar-refractivity contribution in [2.45, 2.75) is 20.3 Å². The second kappa shape index (κ2) is 7.15. The van der Waals surface area contributed by atoms with E-state index in [1.165, 1.54) is 0 Å². The molecule has 0 bridgehead atoms. The molecule has 2 amide bonds. The van der Waals surface area contributed by atoms with Crippen LogP contribution in [0.25, 0.3) is 0 Å². The number of nitrogens with one attached hydrogen (secondary N) is 1. The first-order chi connectivity index (χ1) is 9.04. The van der Waals surface area contributed by atoms with Gasteiger partial charge in [-0.25, -0.2) is 5.43 Å². The predicted molar refractivity (Wildman–Crippen MR) is 71.8 cm³/mol. The van der Waals surface area contributed by atoms with E-state index in [-0.39, 0.29) is 0 Å². The summed E-state index contributed by atoms with van der Waals surface area (Å²) in [5, 5.41) is 3.78. The second-order valence-corrected chi connectivity index (χ2v) is 3.88. The van der Waals surface area contributed by atoms with Crippen LogP contribution in [-0.2, 0) is 9.59 Å². The van der Waals surface area contributed by atoms with Crippen LogP contribution >= 0.6 is 0 Å². The number of carbonyl (C=O) groups excluding carboxylic acids is 2. The highest BCUT2D eigenvalue weighted by atomic mass is 16.5. The van der Waals surface area contributed by atoms with Crippen molar-refractivity contribution in [3.8, 4) is 5.75 Å². The minimum absolute atomic E-state index is 0.566. The first-order valence-electron chi connectivity index (χ1n) is 5.92. The summed E-state index contributed by atoms with van der Waals surface area (Å²) in [5.74, 6) is -1.23. The van der Waals surface area contributed by atoms with Crippen LogP contribution in [0.2, 0.25) is 0 Å². The zero-order valence-corrected chi connectivity index (χ0v) is 11.0. The molecule has 1 aromatic carbocycles. The van der Waals surface area contributed by atoms with E-state index in [2.05, 4.69) is 10.5 Å². The molecule has 0 unspecified atom stereocenters. The zero-order valence-electron chi connectivity index (χ0n) is 11.0. The van der Waals surface area contributed by atoms with E-state index in [9.17, 15) is 9.59 Å². The molecule has 0 saturated carbocycles. The second-order valence-electron chi connectivity index (χ2n) is 3.88. The molecule has 0 aliphatic carbocycles. The Morgan fingerprint density at radius 1 is 1.32 bits per heavy atom. The van der Waals surface area contributed by atoms with Crippen molar-refractivity contribution in [1.29, 1.82) is 0 Å². The summed E-state index contributed by atoms with van der Waals surface area (Å²) in [6.45, 7) is 4.41. The van der Waals surface area contributed by atoms with Crippen LogP contribution in [0.15, 0.2) is 29.4 Å². The lowest BCUT2D eigenvalue weighted by molar-refractivity contribution is -0.137. The molecule has 6 heteroatoms. The number of rotatable bonds is 5. The summed E-state index contributed by atoms with van der Waals surface area (Å²) in [7, 11) is 0. The lowest BCUT2D eigenvalue weighted by Gasteiger charge is -2.06. The van der Waals surface area contributed by atoms with E-state index in [4.69, 9.17) is 10.5 Å². The summed E-state index contributed by atoms with van der Waals surface area (Å²) in [6, 6.07) is 7.28. The maximum absolute atomic E-state index is 10.9. The highest BCUT2D eigenvalue weighted by Gasteiger charge is 2.07. The minimum atomic E-state index is -1.07. The van der Waals surface area contributed by atoms with Crippen LogP contribution in [-0.4, -0.2) is 24.1 Å². The van der Waals surface area contributed by atoms with Crippen LogP contribution in [0.4, 0.5) is 0 Å². The molecule has 1 aromatic rings. The number of hydrogen-bond acceptors (Lipinski definition) is 4. The molecule has 0 aromatic heterocycles. The summed E-state index contributed by atoms with van der Waals surface area (Å²) in [6.07, 6.45) is 0.946. The topological polar surface area (TPSA) is 93.8 Å². The Morgan fingerprint density at radius 3 is 2.47 bits per heavy atom. The van der Waals surface area contributed by atoms with Crippen molar-refractivity contribution in [2.24, 2.45) is 10.8 Å². The van der Waals surface area contributed by atoms with Crippen LogP contribution in [0, 0.1) is 0 Å². The first kappa shape index (κ1) is 14.7. The van der Waals surface area contributed by atoms with Gasteiger partial charge >= 0.3 is 11.8 Å². The monoisotopic (exact) mass is 263 g/mol. The smallest absolute Gasteiger partial charge is 0.329 e. The molecule has 0 heterocycles. The van der Waals surface area contributed by atoms with Gasteiger partial charge in [0, 0.05) is 0 Å². The van der Waals surface area contributed by atoms with Crippen LogP contribution in [0.1, 0.15) is 25.8 Å². The maximum Gasteiger partial charge on any atom is 0.329 e. The summed E-state index contributed by atoms with van der Waals surface area (Å²) in [5.41, 5.74) is 8.24. The van der Waals surface area contributed by atoms with Gasteiger partial charge in [0.2, 0.25) is 0 Å². The minimum Gasteiger partial charge on any atom is -0.494 e. The molecule has 3 N–H and O–H groups in total. The molecule has 6 nitrogen and oxygen atoms in total. The normalized spacial score (nSPS) is 10.9. The fourth-order valence-corrected chi connectivity index (χ4v) is 1.27. The molecule has 0 aliphatic rings. The quantitative estimate of drug-likeness (QED) is 0.467. The SMILES string of the molecule is CCCOc1ccc(/C(C)=N\NC(=O)C(N)=O)cc1. The third kappa shape index (κ3) is 4.79. The third-order valence-electron chi connectivity index (χ3n) is 2.29. The molecule has 0 aliphatic heterocycles. The summed E-state index contributed by atoms with van der Waals surface area (Å²) < 4.78 is 5.45. The summed E-state index contributed by atoms with van der Waals surface area (Å²) in [4.78, 5) is 21.5. The van der Waals surface area contributed by atoms with E-state index in [0.29, 0.717) is 12.3 Å². The molecular weight excluding hydrogens is 246 g/mol. The number of nitrogens with zero attached hydrogens (tertiary/aromatic N) is 1. The van der Waals surface area contributed by atoms with E-state index in [0.717, 1.165) is 17.7 Å². The molecule has 0 fully saturated rings. The zero-order chi connectivity index (χ0) is 14.3. The third-order valence-corrected chi connectivity index (χ3v) is 2.29. The standard InChI is InChI=1S/C13H17N3O3/c1-3-8-19-11-6-4-10(5-7-11)9(2)15-16-13(18)12(14)17/h4-7H,3,8H2,1-2H3,(H2,14,17)(H,16,18)/b15-9-. The van der Waals surface area contributed by atoms with E-state index in [1.807, 2.05) is 31.2 Å². The number of hydrazone groups is 1. The molecular formula is C13H17N3O3. The Kier molecular flexibility index (Phi) is 5.53. The van der Waals surface area contributed by atoms with Gasteiger partial charge in [-0.15, -0.1) is 0 Å². The van der Waals surface area contributed by atoms with Gasteiger partial charge in [0.15, 0.2) is 0 Å². The number of amides is 2. The molecule has 0 atom stereocenters. The fourth-order valence-electron chi connectivity index (χ4n) is 1.27. The highest BCUT2D eigenvalue weighted by Crippen LogP contribution is 2.12. The van der Waals surface area contributed by atoms with E-state index in [1.54, 1.807) is 6.92 Å². The van der Waals surface area contributed by atoms with Gasteiger partial charge < -0.3 is 10.5 Å². The Morgan fingerprint density at radius 2 is 1.95 bits per heavy atom. The Balaban J connectivity index is 2.66. The number of nitrogens with two attached hydrogens (primary N) is 1. The van der Waals surface area contributed by atoms with Crippen LogP contribution in [0.5, 0.6) is 5.75 Å². The molecule has 0 spiro atoms. The van der Waals surface area contributed by atoms with Crippen molar-refractivity contribution in [3.63, 3.8) is 0 Å². The molecule has 1 rings (SSSR count). The molecule has 102 valence electrons. The van der Waals surface area contributed by atoms with Crippen molar-refractivity contribution in [1.82, 2.24) is 5.43 Å². The molecule has 0 saturated heterocycles. The largest absolute Gasteiger partial charge is 0.494 e. The van der Waals surface area contributed by atoms with Crippen LogP contribution < -0.4 is 15.9 Å². The molecule has 0 radical (unpaired) electrons. The van der Waals surface area contributed by atoms with Gasteiger partial charge in [0.1, 0.15) is 5.75 Å². The lowest BCUT2D eigenvalue weighted by Crippen LogP contribution is -2.33. The van der Waals surface area contributed by atoms with Gasteiger partial charge in [-0.2, -0.15) is 5.10 Å². The average Bonchev–Trinajstić information content (AvgIpc) is 2.42. The Bertz CT molecular complexity index is 480. The Labute approximate surface area is 111 Å². The van der Waals surface area contributed by atoms with Gasteiger partial charge in [-0.05, 0) is 43.2 Å². The van der Waals surface area contributed by atoms with Gasteiger partial charge in [0.05, 0.1) is 12.3 Å². The number of carbonyl (C=O) groups is 2. The van der Waals surface area contributed by atoms with Crippen molar-refractivity contribution >= 4 is 17.5 Å². The van der Waals surface area contributed by atoms with Crippen molar-refractivity contribution in [3.05, 3.63) is 29.8 Å². The maximum atomic E-state index is 10.9. The van der Waals surface area contributed by atoms with Gasteiger partial charge in [-0.1, -0.05) is 6.92 Å². The highest BCUT2D eigenvalue weighted by molar-refractivity contribution is 6.34. The average molecular weight is 263 g/mol. The lowest BCUT2D eigenvalue weighted by atomic mass is 10.1.